The van der Waals surface area contributed by atoms with Crippen molar-refractivity contribution in [1.29, 1.82) is 0 Å². The van der Waals surface area contributed by atoms with Gasteiger partial charge in [-0.2, -0.15) is 0 Å². The zero-order valence-corrected chi connectivity index (χ0v) is 12.8. The van der Waals surface area contributed by atoms with Crippen molar-refractivity contribution < 1.29 is 19.5 Å². The SMILES string of the molecule is O=C(O)/C=C/C(=O)Nc1ccc(C(=O)N2CCCCCC2)cc1. The second-order valence-electron chi connectivity index (χ2n) is 5.44. The van der Waals surface area contributed by atoms with Gasteiger partial charge in [-0.25, -0.2) is 4.79 Å². The first kappa shape index (κ1) is 16.7. The van der Waals surface area contributed by atoms with E-state index in [0.717, 1.165) is 38.1 Å². The summed E-state index contributed by atoms with van der Waals surface area (Å²) in [7, 11) is 0. The normalized spacial score (nSPS) is 15.2. The van der Waals surface area contributed by atoms with E-state index in [9.17, 15) is 14.4 Å². The Morgan fingerprint density at radius 2 is 1.57 bits per heavy atom. The van der Waals surface area contributed by atoms with Gasteiger partial charge in [0.25, 0.3) is 5.91 Å². The molecule has 0 spiro atoms. The van der Waals surface area contributed by atoms with Crippen molar-refractivity contribution in [1.82, 2.24) is 4.90 Å². The van der Waals surface area contributed by atoms with Gasteiger partial charge in [0.2, 0.25) is 5.91 Å². The lowest BCUT2D eigenvalue weighted by molar-refractivity contribution is -0.131. The highest BCUT2D eigenvalue weighted by atomic mass is 16.4. The average molecular weight is 316 g/mol. The van der Waals surface area contributed by atoms with Gasteiger partial charge in [0.05, 0.1) is 0 Å². The summed E-state index contributed by atoms with van der Waals surface area (Å²) in [5.74, 6) is -1.70. The number of amides is 2. The topological polar surface area (TPSA) is 86.7 Å². The first-order valence-corrected chi connectivity index (χ1v) is 7.67. The number of nitrogens with one attached hydrogen (secondary N) is 1. The fourth-order valence-corrected chi connectivity index (χ4v) is 2.48. The first-order valence-electron chi connectivity index (χ1n) is 7.67. The van der Waals surface area contributed by atoms with E-state index >= 15 is 0 Å². The van der Waals surface area contributed by atoms with Crippen LogP contribution >= 0.6 is 0 Å². The summed E-state index contributed by atoms with van der Waals surface area (Å²) in [5, 5.41) is 11.0. The van der Waals surface area contributed by atoms with Crippen LogP contribution in [0.2, 0.25) is 0 Å². The lowest BCUT2D eigenvalue weighted by Gasteiger charge is -2.20. The lowest BCUT2D eigenvalue weighted by atomic mass is 10.1. The third kappa shape index (κ3) is 5.25. The van der Waals surface area contributed by atoms with Crippen LogP contribution in [0.3, 0.4) is 0 Å². The standard InChI is InChI=1S/C17H20N2O4/c20-15(9-10-16(21)22)18-14-7-5-13(6-8-14)17(23)19-11-3-1-2-4-12-19/h5-10H,1-4,11-12H2,(H,18,20)(H,21,22)/b10-9+. The maximum absolute atomic E-state index is 12.4. The molecule has 0 atom stereocenters. The maximum atomic E-state index is 12.4. The Bertz CT molecular complexity index is 600. The van der Waals surface area contributed by atoms with Crippen molar-refractivity contribution in [3.05, 3.63) is 42.0 Å². The predicted octanol–water partition coefficient (Wildman–Crippen LogP) is 2.28. The monoisotopic (exact) mass is 316 g/mol. The number of carboxylic acids is 1. The molecule has 122 valence electrons. The fraction of sp³-hybridized carbons (Fsp3) is 0.353. The quantitative estimate of drug-likeness (QED) is 0.834. The van der Waals surface area contributed by atoms with E-state index in [1.54, 1.807) is 24.3 Å². The summed E-state index contributed by atoms with van der Waals surface area (Å²) in [4.78, 5) is 36.1. The molecule has 0 aromatic heterocycles. The summed E-state index contributed by atoms with van der Waals surface area (Å²) >= 11 is 0. The molecule has 0 radical (unpaired) electrons. The van der Waals surface area contributed by atoms with E-state index in [2.05, 4.69) is 5.32 Å². The molecule has 0 unspecified atom stereocenters. The van der Waals surface area contributed by atoms with Crippen LogP contribution in [0.25, 0.3) is 0 Å². The molecule has 1 aromatic carbocycles. The highest BCUT2D eigenvalue weighted by molar-refractivity contribution is 6.02. The molecule has 2 N–H and O–H groups in total. The average Bonchev–Trinajstić information content (AvgIpc) is 2.82. The smallest absolute Gasteiger partial charge is 0.328 e. The molecular formula is C17H20N2O4. The third-order valence-corrected chi connectivity index (χ3v) is 3.67. The molecular weight excluding hydrogens is 296 g/mol. The van der Waals surface area contributed by atoms with Crippen LogP contribution in [0.4, 0.5) is 5.69 Å². The number of carbonyl (C=O) groups excluding carboxylic acids is 2. The highest BCUT2D eigenvalue weighted by Gasteiger charge is 2.17. The number of nitrogens with zero attached hydrogens (tertiary/aromatic N) is 1. The number of carboxylic acid groups (broad SMARTS) is 1. The van der Waals surface area contributed by atoms with E-state index in [1.165, 1.54) is 12.8 Å². The van der Waals surface area contributed by atoms with E-state index in [4.69, 9.17) is 5.11 Å². The minimum atomic E-state index is -1.18. The molecule has 0 saturated carbocycles. The van der Waals surface area contributed by atoms with Crippen LogP contribution in [-0.4, -0.2) is 40.9 Å². The van der Waals surface area contributed by atoms with E-state index < -0.39 is 11.9 Å². The Labute approximate surface area is 134 Å². The molecule has 0 bridgehead atoms. The molecule has 1 aliphatic rings. The second kappa shape index (κ2) is 8.12. The number of hydrogen-bond acceptors (Lipinski definition) is 3. The number of aliphatic carboxylic acids is 1. The first-order chi connectivity index (χ1) is 11.1. The number of likely N-dealkylation sites (tertiary alicyclic amines) is 1. The van der Waals surface area contributed by atoms with Crippen LogP contribution in [0.15, 0.2) is 36.4 Å². The number of benzene rings is 1. The van der Waals surface area contributed by atoms with Gasteiger partial charge in [0.1, 0.15) is 0 Å². The van der Waals surface area contributed by atoms with Crippen LogP contribution in [0, 0.1) is 0 Å². The van der Waals surface area contributed by atoms with Gasteiger partial charge in [-0.05, 0) is 37.1 Å². The number of carbonyl (C=O) groups is 3. The molecule has 1 aliphatic heterocycles. The van der Waals surface area contributed by atoms with Gasteiger partial charge in [0, 0.05) is 36.5 Å². The molecule has 1 fully saturated rings. The molecule has 2 amide bonds. The molecule has 1 saturated heterocycles. The molecule has 6 nitrogen and oxygen atoms in total. The van der Waals surface area contributed by atoms with Crippen LogP contribution in [0.5, 0.6) is 0 Å². The van der Waals surface area contributed by atoms with Gasteiger partial charge in [0.15, 0.2) is 0 Å². The van der Waals surface area contributed by atoms with Crippen molar-refractivity contribution in [2.45, 2.75) is 25.7 Å². The Morgan fingerprint density at radius 1 is 0.957 bits per heavy atom. The summed E-state index contributed by atoms with van der Waals surface area (Å²) in [6.07, 6.45) is 6.12. The zero-order valence-electron chi connectivity index (χ0n) is 12.8. The molecule has 6 heteroatoms. The van der Waals surface area contributed by atoms with E-state index in [-0.39, 0.29) is 5.91 Å². The number of hydrogen-bond donors (Lipinski definition) is 2. The van der Waals surface area contributed by atoms with Crippen molar-refractivity contribution in [3.63, 3.8) is 0 Å². The van der Waals surface area contributed by atoms with Crippen molar-refractivity contribution in [2.75, 3.05) is 18.4 Å². The molecule has 2 rings (SSSR count). The van der Waals surface area contributed by atoms with Crippen molar-refractivity contribution in [2.24, 2.45) is 0 Å². The maximum Gasteiger partial charge on any atom is 0.328 e. The van der Waals surface area contributed by atoms with Gasteiger partial charge < -0.3 is 15.3 Å². The fourth-order valence-electron chi connectivity index (χ4n) is 2.48. The van der Waals surface area contributed by atoms with Gasteiger partial charge >= 0.3 is 5.97 Å². The number of anilines is 1. The largest absolute Gasteiger partial charge is 0.478 e. The molecule has 23 heavy (non-hydrogen) atoms. The van der Waals surface area contributed by atoms with E-state index in [0.29, 0.717) is 11.3 Å². The predicted molar refractivity (Wildman–Crippen MR) is 86.2 cm³/mol. The summed E-state index contributed by atoms with van der Waals surface area (Å²) in [5.41, 5.74) is 1.10. The van der Waals surface area contributed by atoms with Gasteiger partial charge in [-0.3, -0.25) is 9.59 Å². The molecule has 1 aromatic rings. The Hall–Kier alpha value is -2.63. The Kier molecular flexibility index (Phi) is 5.91. The van der Waals surface area contributed by atoms with Crippen molar-refractivity contribution in [3.8, 4) is 0 Å². The lowest BCUT2D eigenvalue weighted by Crippen LogP contribution is -2.31. The van der Waals surface area contributed by atoms with Crippen LogP contribution in [0.1, 0.15) is 36.0 Å². The second-order valence-corrected chi connectivity index (χ2v) is 5.44. The Balaban J connectivity index is 1.97. The molecule has 0 aliphatic carbocycles. The van der Waals surface area contributed by atoms with Crippen LogP contribution < -0.4 is 5.32 Å². The summed E-state index contributed by atoms with van der Waals surface area (Å²) in [6.45, 7) is 1.58. The minimum absolute atomic E-state index is 0.00977. The third-order valence-electron chi connectivity index (χ3n) is 3.67. The van der Waals surface area contributed by atoms with E-state index in [1.807, 2.05) is 4.90 Å². The summed E-state index contributed by atoms with van der Waals surface area (Å²) < 4.78 is 0. The van der Waals surface area contributed by atoms with Crippen LogP contribution in [-0.2, 0) is 9.59 Å². The molecule has 1 heterocycles. The van der Waals surface area contributed by atoms with Gasteiger partial charge in [-0.15, -0.1) is 0 Å². The Morgan fingerprint density at radius 3 is 2.13 bits per heavy atom. The van der Waals surface area contributed by atoms with Gasteiger partial charge in [-0.1, -0.05) is 12.8 Å². The minimum Gasteiger partial charge on any atom is -0.478 e. The highest BCUT2D eigenvalue weighted by Crippen LogP contribution is 2.15. The summed E-state index contributed by atoms with van der Waals surface area (Å²) in [6, 6.07) is 6.61. The van der Waals surface area contributed by atoms with Crippen molar-refractivity contribution >= 4 is 23.5 Å². The zero-order chi connectivity index (χ0) is 16.7. The number of rotatable bonds is 4.